The van der Waals surface area contributed by atoms with Crippen molar-refractivity contribution in [1.29, 1.82) is 0 Å². The molecule has 1 atom stereocenters. The number of rotatable bonds is 4. The predicted molar refractivity (Wildman–Crippen MR) is 83.4 cm³/mol. The lowest BCUT2D eigenvalue weighted by Crippen LogP contribution is -2.01. The molecule has 2 aromatic rings. The van der Waals surface area contributed by atoms with Gasteiger partial charge >= 0.3 is 0 Å². The predicted octanol–water partition coefficient (Wildman–Crippen LogP) is 4.79. The number of aliphatic hydroxyl groups is 1. The minimum atomic E-state index is -0.579. The molecule has 0 saturated carbocycles. The largest absolute Gasteiger partial charge is 0.384 e. The van der Waals surface area contributed by atoms with Crippen LogP contribution in [0.4, 0.5) is 0 Å². The molecule has 0 aliphatic rings. The zero-order valence-corrected chi connectivity index (χ0v) is 12.9. The molecule has 0 aliphatic heterocycles. The third kappa shape index (κ3) is 3.26. The first-order valence-electron chi connectivity index (χ1n) is 6.65. The molecule has 0 aromatic heterocycles. The first-order valence-corrected chi connectivity index (χ1v) is 7.44. The zero-order chi connectivity index (χ0) is 13.8. The number of hydrogen-bond acceptors (Lipinski definition) is 1. The molecule has 0 amide bonds. The van der Waals surface area contributed by atoms with Crippen LogP contribution in [-0.2, 0) is 6.42 Å². The van der Waals surface area contributed by atoms with Crippen LogP contribution >= 0.6 is 15.9 Å². The van der Waals surface area contributed by atoms with Crippen LogP contribution in [0.3, 0.4) is 0 Å². The Morgan fingerprint density at radius 3 is 2.42 bits per heavy atom. The van der Waals surface area contributed by atoms with Gasteiger partial charge in [0.05, 0.1) is 0 Å². The Morgan fingerprint density at radius 2 is 1.79 bits per heavy atom. The number of hydrogen-bond donors (Lipinski definition) is 1. The Morgan fingerprint density at radius 1 is 1.11 bits per heavy atom. The molecule has 1 nitrogen and oxygen atoms in total. The van der Waals surface area contributed by atoms with Gasteiger partial charge in [0.2, 0.25) is 0 Å². The van der Waals surface area contributed by atoms with E-state index in [4.69, 9.17) is 0 Å². The van der Waals surface area contributed by atoms with Crippen LogP contribution in [0.15, 0.2) is 46.9 Å². The van der Waals surface area contributed by atoms with Gasteiger partial charge in [0, 0.05) is 4.47 Å². The van der Waals surface area contributed by atoms with E-state index in [1.807, 2.05) is 37.3 Å². The fourth-order valence-corrected chi connectivity index (χ4v) is 2.70. The Labute approximate surface area is 123 Å². The van der Waals surface area contributed by atoms with Crippen molar-refractivity contribution in [2.24, 2.45) is 0 Å². The van der Waals surface area contributed by atoms with Crippen LogP contribution < -0.4 is 0 Å². The van der Waals surface area contributed by atoms with Crippen LogP contribution in [0.5, 0.6) is 0 Å². The second-order valence-corrected chi connectivity index (χ2v) is 5.67. The van der Waals surface area contributed by atoms with Gasteiger partial charge < -0.3 is 5.11 Å². The molecule has 0 heterocycles. The second kappa shape index (κ2) is 6.36. The summed E-state index contributed by atoms with van der Waals surface area (Å²) in [5, 5.41) is 10.5. The van der Waals surface area contributed by atoms with E-state index in [9.17, 15) is 5.11 Å². The second-order valence-electron chi connectivity index (χ2n) is 4.87. The van der Waals surface area contributed by atoms with Crippen LogP contribution in [0.1, 0.15) is 41.7 Å². The van der Waals surface area contributed by atoms with E-state index in [1.165, 1.54) is 5.56 Å². The molecule has 1 unspecified atom stereocenters. The Balaban J connectivity index is 2.28. The molecule has 19 heavy (non-hydrogen) atoms. The summed E-state index contributed by atoms with van der Waals surface area (Å²) in [5.74, 6) is 0. The van der Waals surface area contributed by atoms with Crippen LogP contribution in [0.2, 0.25) is 0 Å². The topological polar surface area (TPSA) is 20.2 Å². The summed E-state index contributed by atoms with van der Waals surface area (Å²) >= 11 is 3.56. The first kappa shape index (κ1) is 14.3. The van der Waals surface area contributed by atoms with Crippen molar-refractivity contribution in [3.8, 4) is 0 Å². The van der Waals surface area contributed by atoms with Crippen molar-refractivity contribution in [2.75, 3.05) is 0 Å². The average molecular weight is 319 g/mol. The zero-order valence-electron chi connectivity index (χ0n) is 11.4. The molecule has 0 aliphatic carbocycles. The highest BCUT2D eigenvalue weighted by atomic mass is 79.9. The summed E-state index contributed by atoms with van der Waals surface area (Å²) in [6.45, 7) is 4.21. The molecule has 2 heteroatoms. The lowest BCUT2D eigenvalue weighted by atomic mass is 9.98. The maximum Gasteiger partial charge on any atom is 0.105 e. The monoisotopic (exact) mass is 318 g/mol. The minimum absolute atomic E-state index is 0.579. The summed E-state index contributed by atoms with van der Waals surface area (Å²) in [6.07, 6.45) is 1.65. The maximum absolute atomic E-state index is 10.5. The van der Waals surface area contributed by atoms with Gasteiger partial charge in [-0.2, -0.15) is 0 Å². The van der Waals surface area contributed by atoms with Crippen molar-refractivity contribution in [1.82, 2.24) is 0 Å². The molecule has 0 fully saturated rings. The Kier molecular flexibility index (Phi) is 4.78. The van der Waals surface area contributed by atoms with Gasteiger partial charge in [0.25, 0.3) is 0 Å². The number of aryl methyl sites for hydroxylation is 2. The lowest BCUT2D eigenvalue weighted by molar-refractivity contribution is 0.219. The van der Waals surface area contributed by atoms with Crippen molar-refractivity contribution in [3.63, 3.8) is 0 Å². The van der Waals surface area contributed by atoms with Crippen molar-refractivity contribution in [3.05, 3.63) is 69.2 Å². The summed E-state index contributed by atoms with van der Waals surface area (Å²) in [5.41, 5.74) is 4.32. The molecular formula is C17H19BrO. The van der Waals surface area contributed by atoms with Crippen molar-refractivity contribution >= 4 is 15.9 Å². The van der Waals surface area contributed by atoms with Gasteiger partial charge in [0.15, 0.2) is 0 Å². The highest BCUT2D eigenvalue weighted by Gasteiger charge is 2.14. The van der Waals surface area contributed by atoms with E-state index in [0.717, 1.165) is 34.0 Å². The molecular weight excluding hydrogens is 300 g/mol. The molecule has 0 spiro atoms. The third-order valence-corrected chi connectivity index (χ3v) is 4.43. The first-order chi connectivity index (χ1) is 9.13. The number of benzene rings is 2. The Hall–Kier alpha value is -1.12. The van der Waals surface area contributed by atoms with Crippen LogP contribution in [-0.4, -0.2) is 5.11 Å². The van der Waals surface area contributed by atoms with Gasteiger partial charge in [-0.15, -0.1) is 0 Å². The van der Waals surface area contributed by atoms with Crippen LogP contribution in [0, 0.1) is 6.92 Å². The molecule has 1 N–H and O–H groups in total. The molecule has 2 aromatic carbocycles. The SMILES string of the molecule is CCCc1ccc(C(O)c2cccc(C)c2Br)cc1. The van der Waals surface area contributed by atoms with Gasteiger partial charge in [-0.3, -0.25) is 0 Å². The Bertz CT molecular complexity index is 546. The lowest BCUT2D eigenvalue weighted by Gasteiger charge is -2.15. The molecule has 0 saturated heterocycles. The fraction of sp³-hybridized carbons (Fsp3) is 0.294. The summed E-state index contributed by atoms with van der Waals surface area (Å²) in [4.78, 5) is 0. The van der Waals surface area contributed by atoms with E-state index >= 15 is 0 Å². The average Bonchev–Trinajstić information content (AvgIpc) is 2.42. The highest BCUT2D eigenvalue weighted by Crippen LogP contribution is 2.30. The molecule has 2 rings (SSSR count). The standard InChI is InChI=1S/C17H19BrO/c1-3-5-13-8-10-14(11-9-13)17(19)15-7-4-6-12(2)16(15)18/h4,6-11,17,19H,3,5H2,1-2H3. The normalized spacial score (nSPS) is 12.4. The van der Waals surface area contributed by atoms with Crippen molar-refractivity contribution < 1.29 is 5.11 Å². The smallest absolute Gasteiger partial charge is 0.105 e. The number of halogens is 1. The third-order valence-electron chi connectivity index (χ3n) is 3.35. The van der Waals surface area contributed by atoms with E-state index in [2.05, 4.69) is 35.0 Å². The minimum Gasteiger partial charge on any atom is -0.384 e. The molecule has 100 valence electrons. The number of aliphatic hydroxyl groups excluding tert-OH is 1. The molecule has 0 bridgehead atoms. The van der Waals surface area contributed by atoms with Gasteiger partial charge in [-0.25, -0.2) is 0 Å². The summed E-state index contributed by atoms with van der Waals surface area (Å²) < 4.78 is 0.986. The van der Waals surface area contributed by atoms with Gasteiger partial charge in [-0.1, -0.05) is 71.7 Å². The summed E-state index contributed by atoms with van der Waals surface area (Å²) in [7, 11) is 0. The maximum atomic E-state index is 10.5. The highest BCUT2D eigenvalue weighted by molar-refractivity contribution is 9.10. The van der Waals surface area contributed by atoms with E-state index in [0.29, 0.717) is 0 Å². The van der Waals surface area contributed by atoms with E-state index in [1.54, 1.807) is 0 Å². The quantitative estimate of drug-likeness (QED) is 0.859. The molecule has 0 radical (unpaired) electrons. The summed E-state index contributed by atoms with van der Waals surface area (Å²) in [6, 6.07) is 14.2. The van der Waals surface area contributed by atoms with Gasteiger partial charge in [0.1, 0.15) is 6.10 Å². The van der Waals surface area contributed by atoms with Crippen LogP contribution in [0.25, 0.3) is 0 Å². The van der Waals surface area contributed by atoms with E-state index < -0.39 is 6.10 Å². The fourth-order valence-electron chi connectivity index (χ4n) is 2.22. The van der Waals surface area contributed by atoms with Crippen molar-refractivity contribution in [2.45, 2.75) is 32.8 Å². The van der Waals surface area contributed by atoms with E-state index in [-0.39, 0.29) is 0 Å². The van der Waals surface area contributed by atoms with Gasteiger partial charge in [-0.05, 0) is 35.6 Å².